The van der Waals surface area contributed by atoms with Gasteiger partial charge in [-0.25, -0.2) is 9.36 Å². The SMILES string of the molecule is O=C(O)C(=O)CC[C@@H](O)[C@H](O)C(=O)COP(=O)(O)O. The molecule has 0 bridgehead atoms. The van der Waals surface area contributed by atoms with Crippen LogP contribution in [-0.4, -0.2) is 61.5 Å². The van der Waals surface area contributed by atoms with Crippen LogP contribution in [0.3, 0.4) is 0 Å². The molecule has 0 heterocycles. The Morgan fingerprint density at radius 3 is 2.11 bits per heavy atom. The lowest BCUT2D eigenvalue weighted by Gasteiger charge is -2.16. The standard InChI is InChI=1S/C8H13O10P/c9-4(1-2-5(10)8(13)14)7(12)6(11)3-18-19(15,16)17/h4,7,9,12H,1-3H2,(H,13,14)(H2,15,16,17)/t4-,7+/m1/s1. The molecule has 0 saturated heterocycles. The van der Waals surface area contributed by atoms with Crippen molar-refractivity contribution in [3.63, 3.8) is 0 Å². The first kappa shape index (κ1) is 17.8. The predicted octanol–water partition coefficient (Wildman–Crippen LogP) is -2.18. The fourth-order valence-electron chi connectivity index (χ4n) is 0.991. The third-order valence-corrected chi connectivity index (χ3v) is 2.44. The summed E-state index contributed by atoms with van der Waals surface area (Å²) in [6, 6.07) is 0. The molecule has 0 radical (unpaired) electrons. The number of carbonyl (C=O) groups excluding carboxylic acids is 2. The minimum absolute atomic E-state index is 0.492. The van der Waals surface area contributed by atoms with Gasteiger partial charge in [-0.1, -0.05) is 0 Å². The summed E-state index contributed by atoms with van der Waals surface area (Å²) in [5, 5.41) is 26.8. The van der Waals surface area contributed by atoms with E-state index < -0.39 is 57.0 Å². The Kier molecular flexibility index (Phi) is 6.98. The van der Waals surface area contributed by atoms with E-state index in [0.717, 1.165) is 0 Å². The second-order valence-electron chi connectivity index (χ2n) is 3.51. The maximum atomic E-state index is 11.1. The largest absolute Gasteiger partial charge is 0.476 e. The third kappa shape index (κ3) is 7.78. The molecule has 0 saturated carbocycles. The lowest BCUT2D eigenvalue weighted by atomic mass is 10.0. The Hall–Kier alpha value is -1.16. The zero-order valence-corrected chi connectivity index (χ0v) is 10.4. The number of phosphoric ester groups is 1. The van der Waals surface area contributed by atoms with Crippen LogP contribution in [0.15, 0.2) is 0 Å². The van der Waals surface area contributed by atoms with Gasteiger partial charge in [-0.3, -0.25) is 14.1 Å². The van der Waals surface area contributed by atoms with Gasteiger partial charge in [-0.15, -0.1) is 0 Å². The first-order chi connectivity index (χ1) is 8.54. The minimum atomic E-state index is -4.88. The highest BCUT2D eigenvalue weighted by atomic mass is 31.2. The number of carboxylic acids is 1. The van der Waals surface area contributed by atoms with Crippen LogP contribution in [0.25, 0.3) is 0 Å². The molecule has 0 aliphatic carbocycles. The fraction of sp³-hybridized carbons (Fsp3) is 0.625. The van der Waals surface area contributed by atoms with Crippen molar-refractivity contribution in [2.75, 3.05) is 6.61 Å². The van der Waals surface area contributed by atoms with Crippen LogP contribution in [0.4, 0.5) is 0 Å². The molecule has 5 N–H and O–H groups in total. The monoisotopic (exact) mass is 300 g/mol. The van der Waals surface area contributed by atoms with Crippen molar-refractivity contribution in [3.05, 3.63) is 0 Å². The number of aliphatic hydroxyl groups is 2. The van der Waals surface area contributed by atoms with E-state index in [0.29, 0.717) is 0 Å². The molecule has 2 atom stereocenters. The number of carbonyl (C=O) groups is 3. The van der Waals surface area contributed by atoms with Crippen molar-refractivity contribution in [1.29, 1.82) is 0 Å². The van der Waals surface area contributed by atoms with E-state index in [1.165, 1.54) is 0 Å². The molecule has 110 valence electrons. The van der Waals surface area contributed by atoms with Crippen LogP contribution in [0, 0.1) is 0 Å². The van der Waals surface area contributed by atoms with Crippen molar-refractivity contribution in [3.8, 4) is 0 Å². The van der Waals surface area contributed by atoms with Gasteiger partial charge in [0.2, 0.25) is 5.78 Å². The molecule has 0 amide bonds. The number of ketones is 2. The number of phosphoric acid groups is 1. The quantitative estimate of drug-likeness (QED) is 0.232. The molecule has 0 aliphatic rings. The van der Waals surface area contributed by atoms with Crippen LogP contribution in [0.2, 0.25) is 0 Å². The molecule has 0 fully saturated rings. The zero-order chi connectivity index (χ0) is 15.2. The molecular weight excluding hydrogens is 287 g/mol. The van der Waals surface area contributed by atoms with Gasteiger partial charge in [-0.2, -0.15) is 0 Å². The van der Waals surface area contributed by atoms with E-state index in [2.05, 4.69) is 4.52 Å². The number of aliphatic hydroxyl groups excluding tert-OH is 2. The van der Waals surface area contributed by atoms with Crippen LogP contribution in [0.1, 0.15) is 12.8 Å². The highest BCUT2D eigenvalue weighted by Crippen LogP contribution is 2.35. The summed E-state index contributed by atoms with van der Waals surface area (Å²) in [5.74, 6) is -4.12. The second-order valence-corrected chi connectivity index (χ2v) is 4.75. The van der Waals surface area contributed by atoms with Crippen molar-refractivity contribution in [1.82, 2.24) is 0 Å². The number of aliphatic carboxylic acids is 1. The van der Waals surface area contributed by atoms with E-state index in [1.54, 1.807) is 0 Å². The van der Waals surface area contributed by atoms with Crippen molar-refractivity contribution in [2.24, 2.45) is 0 Å². The average Bonchev–Trinajstić information content (AvgIpc) is 2.30. The summed E-state index contributed by atoms with van der Waals surface area (Å²) in [6.45, 7) is -1.13. The van der Waals surface area contributed by atoms with Gasteiger partial charge in [0.25, 0.3) is 0 Å². The van der Waals surface area contributed by atoms with Crippen molar-refractivity contribution >= 4 is 25.4 Å². The minimum Gasteiger partial charge on any atom is -0.476 e. The molecule has 10 nitrogen and oxygen atoms in total. The lowest BCUT2D eigenvalue weighted by molar-refractivity contribution is -0.149. The van der Waals surface area contributed by atoms with Crippen molar-refractivity contribution < 1.29 is 48.6 Å². The molecule has 0 unspecified atom stereocenters. The molecule has 0 rings (SSSR count). The van der Waals surface area contributed by atoms with E-state index in [-0.39, 0.29) is 0 Å². The molecule has 0 aliphatic heterocycles. The first-order valence-corrected chi connectivity index (χ1v) is 6.42. The number of hydrogen-bond acceptors (Lipinski definition) is 7. The molecule has 0 aromatic carbocycles. The topological polar surface area (TPSA) is 179 Å². The molecule has 19 heavy (non-hydrogen) atoms. The number of Topliss-reactive ketones (excluding diaryl/α,β-unsaturated/α-hetero) is 2. The Bertz CT molecular complexity index is 398. The van der Waals surface area contributed by atoms with Gasteiger partial charge in [0.05, 0.1) is 6.10 Å². The maximum absolute atomic E-state index is 11.1. The highest BCUT2D eigenvalue weighted by Gasteiger charge is 2.27. The van der Waals surface area contributed by atoms with E-state index in [4.69, 9.17) is 14.9 Å². The van der Waals surface area contributed by atoms with Gasteiger partial charge in [0.1, 0.15) is 12.7 Å². The summed E-state index contributed by atoms with van der Waals surface area (Å²) in [7, 11) is -4.88. The Labute approximate surface area is 106 Å². The molecule has 11 heteroatoms. The molecule has 0 aromatic heterocycles. The normalized spacial score (nSPS) is 14.7. The summed E-state index contributed by atoms with van der Waals surface area (Å²) < 4.78 is 14.1. The smallest absolute Gasteiger partial charge is 0.470 e. The number of carboxylic acid groups (broad SMARTS) is 1. The Morgan fingerprint density at radius 2 is 1.68 bits per heavy atom. The number of hydrogen-bond donors (Lipinski definition) is 5. The van der Waals surface area contributed by atoms with Gasteiger partial charge in [-0.05, 0) is 6.42 Å². The average molecular weight is 300 g/mol. The predicted molar refractivity (Wildman–Crippen MR) is 56.9 cm³/mol. The molecular formula is C8H13O10P. The van der Waals surface area contributed by atoms with Gasteiger partial charge >= 0.3 is 13.8 Å². The first-order valence-electron chi connectivity index (χ1n) is 4.89. The summed E-state index contributed by atoms with van der Waals surface area (Å²) >= 11 is 0. The van der Waals surface area contributed by atoms with Crippen LogP contribution in [-0.2, 0) is 23.5 Å². The van der Waals surface area contributed by atoms with Gasteiger partial charge in [0, 0.05) is 6.42 Å². The van der Waals surface area contributed by atoms with E-state index in [1.807, 2.05) is 0 Å². The highest BCUT2D eigenvalue weighted by molar-refractivity contribution is 7.46. The van der Waals surface area contributed by atoms with Gasteiger partial charge in [0.15, 0.2) is 5.78 Å². The Balaban J connectivity index is 4.21. The summed E-state index contributed by atoms with van der Waals surface area (Å²) in [4.78, 5) is 48.6. The molecule has 0 spiro atoms. The molecule has 0 aromatic rings. The van der Waals surface area contributed by atoms with Crippen molar-refractivity contribution in [2.45, 2.75) is 25.0 Å². The van der Waals surface area contributed by atoms with Crippen LogP contribution < -0.4 is 0 Å². The fourth-order valence-corrected chi connectivity index (χ4v) is 1.29. The lowest BCUT2D eigenvalue weighted by Crippen LogP contribution is -2.36. The van der Waals surface area contributed by atoms with E-state index in [9.17, 15) is 29.2 Å². The third-order valence-electron chi connectivity index (χ3n) is 1.98. The maximum Gasteiger partial charge on any atom is 0.470 e. The van der Waals surface area contributed by atoms with Crippen LogP contribution in [0.5, 0.6) is 0 Å². The van der Waals surface area contributed by atoms with Crippen LogP contribution >= 0.6 is 7.82 Å². The van der Waals surface area contributed by atoms with E-state index >= 15 is 0 Å². The Morgan fingerprint density at radius 1 is 1.16 bits per heavy atom. The summed E-state index contributed by atoms with van der Waals surface area (Å²) in [5.41, 5.74) is 0. The zero-order valence-electron chi connectivity index (χ0n) is 9.50. The van der Waals surface area contributed by atoms with Gasteiger partial charge < -0.3 is 25.1 Å². The summed E-state index contributed by atoms with van der Waals surface area (Å²) in [6.07, 6.45) is -4.86. The number of rotatable bonds is 9. The second kappa shape index (κ2) is 7.43.